The summed E-state index contributed by atoms with van der Waals surface area (Å²) in [5.41, 5.74) is 0.991. The van der Waals surface area contributed by atoms with Crippen LogP contribution >= 0.6 is 12.2 Å². The van der Waals surface area contributed by atoms with Crippen LogP contribution in [-0.2, 0) is 6.54 Å². The van der Waals surface area contributed by atoms with Crippen molar-refractivity contribution in [3.05, 3.63) is 39.4 Å². The number of aromatic nitrogens is 2. The predicted molar refractivity (Wildman–Crippen MR) is 77.5 cm³/mol. The van der Waals surface area contributed by atoms with Gasteiger partial charge < -0.3 is 4.98 Å². The summed E-state index contributed by atoms with van der Waals surface area (Å²) >= 11 is 5.26. The topological polar surface area (TPSA) is 37.8 Å². The molecule has 0 unspecified atom stereocenters. The van der Waals surface area contributed by atoms with Gasteiger partial charge in [-0.2, -0.15) is 0 Å². The lowest BCUT2D eigenvalue weighted by Gasteiger charge is -2.18. The van der Waals surface area contributed by atoms with E-state index >= 15 is 0 Å². The lowest BCUT2D eigenvalue weighted by atomic mass is 9.92. The summed E-state index contributed by atoms with van der Waals surface area (Å²) in [5.74, 6) is 0. The van der Waals surface area contributed by atoms with Gasteiger partial charge in [-0.1, -0.05) is 32.9 Å². The highest BCUT2D eigenvalue weighted by atomic mass is 32.1. The number of H-pyrrole nitrogens is 1. The van der Waals surface area contributed by atoms with Crippen LogP contribution in [0.4, 0.5) is 0 Å². The van der Waals surface area contributed by atoms with Gasteiger partial charge in [0.2, 0.25) is 0 Å². The van der Waals surface area contributed by atoms with Crippen LogP contribution in [0.25, 0.3) is 10.9 Å². The number of nitrogens with zero attached hydrogens (tertiary/aromatic N) is 1. The third kappa shape index (κ3) is 2.70. The van der Waals surface area contributed by atoms with Crippen molar-refractivity contribution < 1.29 is 0 Å². The van der Waals surface area contributed by atoms with Crippen LogP contribution < -0.4 is 5.56 Å². The van der Waals surface area contributed by atoms with Crippen LogP contribution in [0.15, 0.2) is 29.1 Å². The summed E-state index contributed by atoms with van der Waals surface area (Å²) in [6.07, 6.45) is 0.919. The van der Waals surface area contributed by atoms with Gasteiger partial charge in [0, 0.05) is 6.54 Å². The first-order chi connectivity index (χ1) is 8.38. The van der Waals surface area contributed by atoms with Crippen molar-refractivity contribution in [2.24, 2.45) is 5.41 Å². The van der Waals surface area contributed by atoms with Crippen molar-refractivity contribution >= 4 is 23.1 Å². The second-order valence-electron chi connectivity index (χ2n) is 5.74. The van der Waals surface area contributed by atoms with E-state index in [1.807, 2.05) is 24.3 Å². The Hall–Kier alpha value is -1.42. The summed E-state index contributed by atoms with van der Waals surface area (Å²) < 4.78 is 2.16. The molecule has 0 aliphatic heterocycles. The fraction of sp³-hybridized carbons (Fsp3) is 0.429. The minimum Gasteiger partial charge on any atom is -0.332 e. The molecule has 96 valence electrons. The van der Waals surface area contributed by atoms with Gasteiger partial charge in [0.1, 0.15) is 0 Å². The van der Waals surface area contributed by atoms with E-state index in [4.69, 9.17) is 12.2 Å². The van der Waals surface area contributed by atoms with Crippen LogP contribution in [0.2, 0.25) is 0 Å². The SMILES string of the molecule is CC(C)(C)CCn1c(=S)[nH]c2ccccc2c1=O. The summed E-state index contributed by atoms with van der Waals surface area (Å²) in [5, 5.41) is 0.694. The van der Waals surface area contributed by atoms with Gasteiger partial charge in [0.05, 0.1) is 10.9 Å². The molecule has 0 saturated heterocycles. The minimum atomic E-state index is -0.00130. The average Bonchev–Trinajstić information content (AvgIpc) is 2.27. The Labute approximate surface area is 111 Å². The standard InChI is InChI=1S/C14H18N2OS/c1-14(2,3)8-9-16-12(17)10-6-4-5-7-11(10)15-13(16)18/h4-7H,8-9H2,1-3H3,(H,15,18). The molecule has 18 heavy (non-hydrogen) atoms. The van der Waals surface area contributed by atoms with Gasteiger partial charge in [-0.25, -0.2) is 0 Å². The second kappa shape index (κ2) is 4.69. The fourth-order valence-corrected chi connectivity index (χ4v) is 2.13. The molecule has 2 aromatic rings. The van der Waals surface area contributed by atoms with Gasteiger partial charge >= 0.3 is 0 Å². The summed E-state index contributed by atoms with van der Waals surface area (Å²) in [4.78, 5) is 15.5. The molecule has 0 aliphatic carbocycles. The maximum Gasteiger partial charge on any atom is 0.262 e. The Morgan fingerprint density at radius 1 is 1.28 bits per heavy atom. The summed E-state index contributed by atoms with van der Waals surface area (Å²) in [6, 6.07) is 7.47. The number of hydrogen-bond acceptors (Lipinski definition) is 2. The monoisotopic (exact) mass is 262 g/mol. The zero-order valence-electron chi connectivity index (χ0n) is 11.0. The molecule has 0 bridgehead atoms. The van der Waals surface area contributed by atoms with E-state index in [2.05, 4.69) is 25.8 Å². The molecule has 0 aliphatic rings. The third-order valence-electron chi connectivity index (χ3n) is 2.97. The van der Waals surface area contributed by atoms with Crippen molar-refractivity contribution in [1.82, 2.24) is 9.55 Å². The zero-order valence-corrected chi connectivity index (χ0v) is 11.8. The van der Waals surface area contributed by atoms with Crippen molar-refractivity contribution in [2.45, 2.75) is 33.7 Å². The predicted octanol–water partition coefficient (Wildman–Crippen LogP) is 3.50. The van der Waals surface area contributed by atoms with Crippen LogP contribution in [0.1, 0.15) is 27.2 Å². The largest absolute Gasteiger partial charge is 0.332 e. The van der Waals surface area contributed by atoms with Crippen molar-refractivity contribution in [2.75, 3.05) is 0 Å². The van der Waals surface area contributed by atoms with Gasteiger partial charge in [-0.15, -0.1) is 0 Å². The number of fused-ring (bicyclic) bond motifs is 1. The molecular weight excluding hydrogens is 244 g/mol. The molecule has 1 aromatic carbocycles. The van der Waals surface area contributed by atoms with E-state index in [1.54, 1.807) is 4.57 Å². The van der Waals surface area contributed by atoms with E-state index in [9.17, 15) is 4.79 Å². The number of nitrogens with one attached hydrogen (secondary N) is 1. The maximum atomic E-state index is 12.3. The van der Waals surface area contributed by atoms with Gasteiger partial charge in [-0.3, -0.25) is 9.36 Å². The highest BCUT2D eigenvalue weighted by molar-refractivity contribution is 7.71. The Kier molecular flexibility index (Phi) is 3.39. The molecule has 3 nitrogen and oxygen atoms in total. The normalized spacial score (nSPS) is 11.9. The third-order valence-corrected chi connectivity index (χ3v) is 3.30. The lowest BCUT2D eigenvalue weighted by molar-refractivity contribution is 0.346. The van der Waals surface area contributed by atoms with Crippen LogP contribution in [0.3, 0.4) is 0 Å². The average molecular weight is 262 g/mol. The molecule has 1 aromatic heterocycles. The molecule has 0 saturated carbocycles. The van der Waals surface area contributed by atoms with Gasteiger partial charge in [0.25, 0.3) is 5.56 Å². The molecule has 0 spiro atoms. The number of rotatable bonds is 2. The number of para-hydroxylation sites is 1. The minimum absolute atomic E-state index is 0.00130. The molecule has 1 heterocycles. The molecule has 2 rings (SSSR count). The van der Waals surface area contributed by atoms with Crippen molar-refractivity contribution in [3.63, 3.8) is 0 Å². The van der Waals surface area contributed by atoms with Crippen LogP contribution in [-0.4, -0.2) is 9.55 Å². The van der Waals surface area contributed by atoms with Crippen molar-refractivity contribution in [3.8, 4) is 0 Å². The Bertz CT molecular complexity index is 676. The molecule has 0 amide bonds. The summed E-state index contributed by atoms with van der Waals surface area (Å²) in [6.45, 7) is 7.13. The highest BCUT2D eigenvalue weighted by Crippen LogP contribution is 2.19. The van der Waals surface area contributed by atoms with E-state index in [0.717, 1.165) is 11.9 Å². The van der Waals surface area contributed by atoms with Crippen molar-refractivity contribution in [1.29, 1.82) is 0 Å². The Morgan fingerprint density at radius 2 is 1.94 bits per heavy atom. The quantitative estimate of drug-likeness (QED) is 0.841. The molecule has 0 atom stereocenters. The first-order valence-electron chi connectivity index (χ1n) is 6.10. The Balaban J connectivity index is 2.52. The molecule has 0 fully saturated rings. The van der Waals surface area contributed by atoms with Gasteiger partial charge in [-0.05, 0) is 36.2 Å². The first kappa shape index (κ1) is 13.0. The first-order valence-corrected chi connectivity index (χ1v) is 6.51. The highest BCUT2D eigenvalue weighted by Gasteiger charge is 2.12. The van der Waals surface area contributed by atoms with Crippen LogP contribution in [0, 0.1) is 10.2 Å². The molecular formula is C14H18N2OS. The van der Waals surface area contributed by atoms with E-state index in [1.165, 1.54) is 0 Å². The maximum absolute atomic E-state index is 12.3. The molecule has 0 radical (unpaired) electrons. The van der Waals surface area contributed by atoms with Gasteiger partial charge in [0.15, 0.2) is 4.77 Å². The fourth-order valence-electron chi connectivity index (χ4n) is 1.85. The number of hydrogen-bond donors (Lipinski definition) is 1. The number of benzene rings is 1. The van der Waals surface area contributed by atoms with E-state index < -0.39 is 0 Å². The summed E-state index contributed by atoms with van der Waals surface area (Å²) in [7, 11) is 0. The van der Waals surface area contributed by atoms with Crippen LogP contribution in [0.5, 0.6) is 0 Å². The number of aromatic amines is 1. The zero-order chi connectivity index (χ0) is 13.3. The smallest absolute Gasteiger partial charge is 0.262 e. The second-order valence-corrected chi connectivity index (χ2v) is 6.13. The molecule has 1 N–H and O–H groups in total. The lowest BCUT2D eigenvalue weighted by Crippen LogP contribution is -2.24. The van der Waals surface area contributed by atoms with E-state index in [-0.39, 0.29) is 11.0 Å². The Morgan fingerprint density at radius 3 is 2.61 bits per heavy atom. The van der Waals surface area contributed by atoms with E-state index in [0.29, 0.717) is 16.7 Å². The molecule has 4 heteroatoms.